The van der Waals surface area contributed by atoms with Crippen LogP contribution in [-0.4, -0.2) is 23.5 Å². The maximum atomic E-state index is 12.1. The van der Waals surface area contributed by atoms with Gasteiger partial charge in [-0.15, -0.1) is 0 Å². The highest BCUT2D eigenvalue weighted by atomic mass is 16.4. The molecule has 0 bridgehead atoms. The average Bonchev–Trinajstić information content (AvgIpc) is 2.24. The zero-order valence-electron chi connectivity index (χ0n) is 12.5. The van der Waals surface area contributed by atoms with Gasteiger partial charge in [-0.3, -0.25) is 9.59 Å². The summed E-state index contributed by atoms with van der Waals surface area (Å²) in [5.74, 6) is -1.15. The van der Waals surface area contributed by atoms with Crippen LogP contribution in [0.1, 0.15) is 53.4 Å². The van der Waals surface area contributed by atoms with E-state index in [0.29, 0.717) is 18.4 Å². The summed E-state index contributed by atoms with van der Waals surface area (Å²) in [6.45, 7) is 8.21. The van der Waals surface area contributed by atoms with E-state index in [1.54, 1.807) is 20.8 Å². The summed E-state index contributed by atoms with van der Waals surface area (Å²) in [5, 5.41) is 12.0. The molecule has 0 saturated heterocycles. The third-order valence-electron chi connectivity index (χ3n) is 3.99. The third kappa shape index (κ3) is 4.84. The van der Waals surface area contributed by atoms with Crippen molar-refractivity contribution in [3.8, 4) is 0 Å². The Hall–Kier alpha value is -1.06. The van der Waals surface area contributed by atoms with E-state index in [9.17, 15) is 14.7 Å². The van der Waals surface area contributed by atoms with Crippen LogP contribution in [0.2, 0.25) is 0 Å². The fourth-order valence-corrected chi connectivity index (χ4v) is 2.97. The molecule has 1 amide bonds. The Morgan fingerprint density at radius 3 is 2.42 bits per heavy atom. The summed E-state index contributed by atoms with van der Waals surface area (Å²) < 4.78 is 0. The number of amides is 1. The van der Waals surface area contributed by atoms with Crippen molar-refractivity contribution in [3.63, 3.8) is 0 Å². The molecule has 1 aliphatic rings. The SMILES string of the molecule is CC1CCCC(CNC(=O)C(C(=O)O)C(C)(C)C)C1. The summed E-state index contributed by atoms with van der Waals surface area (Å²) in [6.07, 6.45) is 4.75. The highest BCUT2D eigenvalue weighted by Gasteiger charge is 2.37. The zero-order chi connectivity index (χ0) is 14.6. The minimum atomic E-state index is -1.04. The average molecular weight is 269 g/mol. The number of hydrogen-bond acceptors (Lipinski definition) is 2. The van der Waals surface area contributed by atoms with Gasteiger partial charge in [-0.2, -0.15) is 0 Å². The molecule has 0 aromatic carbocycles. The molecule has 110 valence electrons. The van der Waals surface area contributed by atoms with E-state index < -0.39 is 17.3 Å². The molecule has 0 aromatic heterocycles. The topological polar surface area (TPSA) is 66.4 Å². The minimum Gasteiger partial charge on any atom is -0.481 e. The van der Waals surface area contributed by atoms with Crippen LogP contribution in [-0.2, 0) is 9.59 Å². The van der Waals surface area contributed by atoms with Crippen molar-refractivity contribution in [2.45, 2.75) is 53.4 Å². The highest BCUT2D eigenvalue weighted by Crippen LogP contribution is 2.29. The molecule has 4 nitrogen and oxygen atoms in total. The van der Waals surface area contributed by atoms with Gasteiger partial charge in [0.15, 0.2) is 0 Å². The van der Waals surface area contributed by atoms with Crippen molar-refractivity contribution in [1.29, 1.82) is 0 Å². The number of carboxylic acid groups (broad SMARTS) is 1. The van der Waals surface area contributed by atoms with E-state index in [2.05, 4.69) is 12.2 Å². The van der Waals surface area contributed by atoms with Gasteiger partial charge >= 0.3 is 5.97 Å². The van der Waals surface area contributed by atoms with E-state index in [-0.39, 0.29) is 5.91 Å². The number of nitrogens with one attached hydrogen (secondary N) is 1. The Balaban J connectivity index is 2.51. The molecule has 3 atom stereocenters. The Labute approximate surface area is 116 Å². The molecular formula is C15H27NO3. The van der Waals surface area contributed by atoms with Gasteiger partial charge in [0.2, 0.25) is 5.91 Å². The summed E-state index contributed by atoms with van der Waals surface area (Å²) in [6, 6.07) is 0. The van der Waals surface area contributed by atoms with Crippen molar-refractivity contribution in [3.05, 3.63) is 0 Å². The van der Waals surface area contributed by atoms with E-state index >= 15 is 0 Å². The number of carbonyl (C=O) groups is 2. The van der Waals surface area contributed by atoms with Crippen molar-refractivity contribution in [2.75, 3.05) is 6.54 Å². The number of aliphatic carboxylic acids is 1. The minimum absolute atomic E-state index is 0.349. The lowest BCUT2D eigenvalue weighted by atomic mass is 9.79. The van der Waals surface area contributed by atoms with Crippen molar-refractivity contribution < 1.29 is 14.7 Å². The predicted molar refractivity (Wildman–Crippen MR) is 74.7 cm³/mol. The van der Waals surface area contributed by atoms with Gasteiger partial charge in [-0.1, -0.05) is 40.5 Å². The molecule has 1 rings (SSSR count). The van der Waals surface area contributed by atoms with Gasteiger partial charge in [0.05, 0.1) is 0 Å². The van der Waals surface area contributed by atoms with Crippen LogP contribution in [0.25, 0.3) is 0 Å². The second-order valence-corrected chi connectivity index (χ2v) is 7.02. The van der Waals surface area contributed by atoms with Crippen LogP contribution in [0.4, 0.5) is 0 Å². The van der Waals surface area contributed by atoms with Crippen LogP contribution in [0.3, 0.4) is 0 Å². The molecule has 0 spiro atoms. The fraction of sp³-hybridized carbons (Fsp3) is 0.867. The maximum Gasteiger partial charge on any atom is 0.316 e. The van der Waals surface area contributed by atoms with E-state index in [4.69, 9.17) is 0 Å². The van der Waals surface area contributed by atoms with Crippen LogP contribution in [0.5, 0.6) is 0 Å². The van der Waals surface area contributed by atoms with Crippen molar-refractivity contribution in [2.24, 2.45) is 23.2 Å². The molecule has 0 radical (unpaired) electrons. The maximum absolute atomic E-state index is 12.1. The van der Waals surface area contributed by atoms with E-state index in [1.807, 2.05) is 0 Å². The van der Waals surface area contributed by atoms with Crippen molar-refractivity contribution in [1.82, 2.24) is 5.32 Å². The van der Waals surface area contributed by atoms with Gasteiger partial charge in [0.25, 0.3) is 0 Å². The van der Waals surface area contributed by atoms with Crippen LogP contribution in [0, 0.1) is 23.2 Å². The Morgan fingerprint density at radius 2 is 1.95 bits per heavy atom. The first-order chi connectivity index (χ1) is 8.71. The van der Waals surface area contributed by atoms with Crippen molar-refractivity contribution >= 4 is 11.9 Å². The smallest absolute Gasteiger partial charge is 0.316 e. The first-order valence-corrected chi connectivity index (χ1v) is 7.22. The summed E-state index contributed by atoms with van der Waals surface area (Å²) in [4.78, 5) is 23.3. The molecule has 0 heterocycles. The normalized spacial score (nSPS) is 25.7. The Bertz CT molecular complexity index is 333. The number of hydrogen-bond donors (Lipinski definition) is 2. The molecular weight excluding hydrogens is 242 g/mol. The molecule has 3 unspecified atom stereocenters. The molecule has 0 aliphatic heterocycles. The number of rotatable bonds is 4. The standard InChI is InChI=1S/C15H27NO3/c1-10-6-5-7-11(8-10)9-16-13(17)12(14(18)19)15(2,3)4/h10-12H,5-9H2,1-4H3,(H,16,17)(H,18,19). The quantitative estimate of drug-likeness (QED) is 0.771. The molecule has 1 saturated carbocycles. The Morgan fingerprint density at radius 1 is 1.32 bits per heavy atom. The second kappa shape index (κ2) is 6.40. The monoisotopic (exact) mass is 269 g/mol. The Kier molecular flexibility index (Phi) is 5.39. The second-order valence-electron chi connectivity index (χ2n) is 7.02. The number of carbonyl (C=O) groups excluding carboxylic acids is 1. The summed E-state index contributed by atoms with van der Waals surface area (Å²) >= 11 is 0. The first kappa shape index (κ1) is 16.0. The van der Waals surface area contributed by atoms with E-state index in [0.717, 1.165) is 12.8 Å². The lowest BCUT2D eigenvalue weighted by Gasteiger charge is -2.29. The fourth-order valence-electron chi connectivity index (χ4n) is 2.97. The highest BCUT2D eigenvalue weighted by molar-refractivity contribution is 5.97. The zero-order valence-corrected chi connectivity index (χ0v) is 12.5. The summed E-state index contributed by atoms with van der Waals surface area (Å²) in [7, 11) is 0. The molecule has 19 heavy (non-hydrogen) atoms. The largest absolute Gasteiger partial charge is 0.481 e. The third-order valence-corrected chi connectivity index (χ3v) is 3.99. The van der Waals surface area contributed by atoms with Gasteiger partial charge in [0, 0.05) is 6.54 Å². The van der Waals surface area contributed by atoms with Crippen LogP contribution >= 0.6 is 0 Å². The molecule has 4 heteroatoms. The molecule has 0 aromatic rings. The van der Waals surface area contributed by atoms with Gasteiger partial charge in [-0.05, 0) is 30.1 Å². The van der Waals surface area contributed by atoms with Crippen LogP contribution in [0.15, 0.2) is 0 Å². The molecule has 1 fully saturated rings. The van der Waals surface area contributed by atoms with Gasteiger partial charge < -0.3 is 10.4 Å². The lowest BCUT2D eigenvalue weighted by Crippen LogP contribution is -2.44. The summed E-state index contributed by atoms with van der Waals surface area (Å²) in [5.41, 5.74) is -0.560. The molecule has 1 aliphatic carbocycles. The molecule has 2 N–H and O–H groups in total. The van der Waals surface area contributed by atoms with Crippen LogP contribution < -0.4 is 5.32 Å². The lowest BCUT2D eigenvalue weighted by molar-refractivity contribution is -0.151. The van der Waals surface area contributed by atoms with Gasteiger partial charge in [0.1, 0.15) is 5.92 Å². The van der Waals surface area contributed by atoms with Gasteiger partial charge in [-0.25, -0.2) is 0 Å². The van der Waals surface area contributed by atoms with E-state index in [1.165, 1.54) is 12.8 Å². The first-order valence-electron chi connectivity index (χ1n) is 7.22. The predicted octanol–water partition coefficient (Wildman–Crippen LogP) is 2.68. The number of carboxylic acids is 1.